The highest BCUT2D eigenvalue weighted by Gasteiger charge is 2.32. The van der Waals surface area contributed by atoms with Crippen molar-refractivity contribution < 1.29 is 14.3 Å². The zero-order valence-electron chi connectivity index (χ0n) is 18.5. The Morgan fingerprint density at radius 1 is 1.10 bits per heavy atom. The Balaban J connectivity index is 1.56. The molecule has 2 fully saturated rings. The number of rotatable bonds is 5. The fraction of sp³-hybridized carbons (Fsp3) is 0.667. The normalized spacial score (nSPS) is 19.5. The van der Waals surface area contributed by atoms with E-state index >= 15 is 0 Å². The second-order valence-electron chi connectivity index (χ2n) is 9.78. The maximum atomic E-state index is 12.8. The van der Waals surface area contributed by atoms with Gasteiger partial charge in [0.15, 0.2) is 0 Å². The van der Waals surface area contributed by atoms with Crippen LogP contribution in [0.2, 0.25) is 5.02 Å². The molecule has 0 spiro atoms. The van der Waals surface area contributed by atoms with Crippen LogP contribution in [0.4, 0.5) is 4.79 Å². The third-order valence-electron chi connectivity index (χ3n) is 6.25. The molecule has 1 atom stereocenters. The van der Waals surface area contributed by atoms with Gasteiger partial charge in [-0.2, -0.15) is 0 Å². The van der Waals surface area contributed by atoms with Gasteiger partial charge in [0.05, 0.1) is 0 Å². The number of ether oxygens (including phenoxy) is 1. The number of benzene rings is 1. The average Bonchev–Trinajstić information content (AvgIpc) is 3.22. The predicted octanol–water partition coefficient (Wildman–Crippen LogP) is 5.67. The van der Waals surface area contributed by atoms with Crippen LogP contribution in [0.15, 0.2) is 24.3 Å². The summed E-state index contributed by atoms with van der Waals surface area (Å²) in [6.07, 6.45) is 7.53. The first-order chi connectivity index (χ1) is 14.2. The summed E-state index contributed by atoms with van der Waals surface area (Å²) in [6, 6.07) is 7.26. The monoisotopic (exact) mass is 434 g/mol. The molecule has 166 valence electrons. The van der Waals surface area contributed by atoms with Crippen molar-refractivity contribution in [3.63, 3.8) is 0 Å². The fourth-order valence-electron chi connectivity index (χ4n) is 4.62. The summed E-state index contributed by atoms with van der Waals surface area (Å²) in [5.74, 6) is 1.04. The van der Waals surface area contributed by atoms with Gasteiger partial charge in [0.1, 0.15) is 5.60 Å². The molecule has 1 aliphatic carbocycles. The second-order valence-corrected chi connectivity index (χ2v) is 10.2. The average molecular weight is 435 g/mol. The Morgan fingerprint density at radius 2 is 1.70 bits per heavy atom. The number of hydrogen-bond donors (Lipinski definition) is 1. The molecule has 1 aliphatic heterocycles. The van der Waals surface area contributed by atoms with Crippen LogP contribution >= 0.6 is 11.6 Å². The topological polar surface area (TPSA) is 58.6 Å². The Bertz CT molecular complexity index is 715. The third-order valence-corrected chi connectivity index (χ3v) is 6.50. The number of halogens is 1. The molecule has 0 aromatic heterocycles. The van der Waals surface area contributed by atoms with Gasteiger partial charge in [-0.25, -0.2) is 4.79 Å². The minimum Gasteiger partial charge on any atom is -0.444 e. The van der Waals surface area contributed by atoms with Gasteiger partial charge in [-0.05, 0) is 89.0 Å². The number of hydrogen-bond acceptors (Lipinski definition) is 3. The van der Waals surface area contributed by atoms with Gasteiger partial charge in [-0.1, -0.05) is 24.4 Å². The van der Waals surface area contributed by atoms with Crippen molar-refractivity contribution in [1.82, 2.24) is 10.2 Å². The summed E-state index contributed by atoms with van der Waals surface area (Å²) in [5.41, 5.74) is 0.190. The molecular formula is C24H35ClN2O3. The second kappa shape index (κ2) is 10.0. The highest BCUT2D eigenvalue weighted by Crippen LogP contribution is 2.33. The molecular weight excluding hydrogens is 400 g/mol. The van der Waals surface area contributed by atoms with Gasteiger partial charge in [-0.3, -0.25) is 4.79 Å². The molecule has 0 bridgehead atoms. The fourth-order valence-corrected chi connectivity index (χ4v) is 4.74. The van der Waals surface area contributed by atoms with Crippen molar-refractivity contribution in [1.29, 1.82) is 0 Å². The Morgan fingerprint density at radius 3 is 2.27 bits per heavy atom. The standard InChI is InChI=1S/C24H35ClN2O3/c1-24(2,3)30-23(29)27-14-12-17(13-15-27)16-21(18-6-4-5-7-18)26-22(28)19-8-10-20(25)11-9-19/h8-11,17-18,21H,4-7,12-16H2,1-3H3,(H,26,28). The molecule has 1 unspecified atom stereocenters. The number of piperidine rings is 1. The zero-order chi connectivity index (χ0) is 21.7. The predicted molar refractivity (Wildman–Crippen MR) is 120 cm³/mol. The maximum absolute atomic E-state index is 12.8. The molecule has 1 aromatic carbocycles. The van der Waals surface area contributed by atoms with Gasteiger partial charge >= 0.3 is 6.09 Å². The molecule has 3 rings (SSSR count). The molecule has 1 N–H and O–H groups in total. The van der Waals surface area contributed by atoms with E-state index in [4.69, 9.17) is 16.3 Å². The van der Waals surface area contributed by atoms with Crippen molar-refractivity contribution in [3.05, 3.63) is 34.9 Å². The molecule has 5 nitrogen and oxygen atoms in total. The third kappa shape index (κ3) is 6.63. The number of nitrogens with zero attached hydrogens (tertiary/aromatic N) is 1. The first-order valence-electron chi connectivity index (χ1n) is 11.3. The highest BCUT2D eigenvalue weighted by atomic mass is 35.5. The molecule has 6 heteroatoms. The van der Waals surface area contributed by atoms with E-state index in [1.54, 1.807) is 24.3 Å². The molecule has 2 aliphatic rings. The SMILES string of the molecule is CC(C)(C)OC(=O)N1CCC(CC(NC(=O)c2ccc(Cl)cc2)C2CCCC2)CC1. The molecule has 0 radical (unpaired) electrons. The molecule has 1 saturated carbocycles. The van der Waals surface area contributed by atoms with Crippen molar-refractivity contribution in [2.24, 2.45) is 11.8 Å². The van der Waals surface area contributed by atoms with Crippen LogP contribution in [0.5, 0.6) is 0 Å². The van der Waals surface area contributed by atoms with Crippen LogP contribution in [-0.2, 0) is 4.74 Å². The van der Waals surface area contributed by atoms with Crippen LogP contribution < -0.4 is 5.32 Å². The van der Waals surface area contributed by atoms with Crippen LogP contribution in [0.25, 0.3) is 0 Å². The minimum absolute atomic E-state index is 0.0187. The van der Waals surface area contributed by atoms with Crippen LogP contribution in [0.1, 0.15) is 76.1 Å². The van der Waals surface area contributed by atoms with Crippen molar-refractivity contribution >= 4 is 23.6 Å². The summed E-state index contributed by atoms with van der Waals surface area (Å²) in [5, 5.41) is 3.95. The van der Waals surface area contributed by atoms with Crippen LogP contribution in [0.3, 0.4) is 0 Å². The maximum Gasteiger partial charge on any atom is 0.410 e. The van der Waals surface area contributed by atoms with E-state index in [2.05, 4.69) is 5.32 Å². The largest absolute Gasteiger partial charge is 0.444 e. The molecule has 30 heavy (non-hydrogen) atoms. The van der Waals surface area contributed by atoms with Gasteiger partial charge in [-0.15, -0.1) is 0 Å². The van der Waals surface area contributed by atoms with E-state index in [-0.39, 0.29) is 18.0 Å². The van der Waals surface area contributed by atoms with Crippen molar-refractivity contribution in [2.75, 3.05) is 13.1 Å². The summed E-state index contributed by atoms with van der Waals surface area (Å²) < 4.78 is 5.51. The molecule has 2 amide bonds. The van der Waals surface area contributed by atoms with Gasteiger partial charge in [0.2, 0.25) is 0 Å². The van der Waals surface area contributed by atoms with E-state index in [9.17, 15) is 9.59 Å². The number of carbonyl (C=O) groups excluding carboxylic acids is 2. The lowest BCUT2D eigenvalue weighted by atomic mass is 9.84. The number of amides is 2. The zero-order valence-corrected chi connectivity index (χ0v) is 19.2. The van der Waals surface area contributed by atoms with Crippen molar-refractivity contribution in [3.8, 4) is 0 Å². The van der Waals surface area contributed by atoms with Crippen LogP contribution in [-0.4, -0.2) is 41.6 Å². The summed E-state index contributed by atoms with van der Waals surface area (Å²) in [4.78, 5) is 26.9. The first-order valence-corrected chi connectivity index (χ1v) is 11.6. The van der Waals surface area contributed by atoms with E-state index in [0.29, 0.717) is 22.4 Å². The smallest absolute Gasteiger partial charge is 0.410 e. The number of carbonyl (C=O) groups is 2. The van der Waals surface area contributed by atoms with Gasteiger partial charge in [0, 0.05) is 29.7 Å². The van der Waals surface area contributed by atoms with E-state index in [1.807, 2.05) is 25.7 Å². The Hall–Kier alpha value is -1.75. The lowest BCUT2D eigenvalue weighted by Gasteiger charge is -2.36. The molecule has 1 heterocycles. The molecule has 1 saturated heterocycles. The quantitative estimate of drug-likeness (QED) is 0.649. The minimum atomic E-state index is -0.465. The highest BCUT2D eigenvalue weighted by molar-refractivity contribution is 6.30. The van der Waals surface area contributed by atoms with Gasteiger partial charge < -0.3 is 15.0 Å². The van der Waals surface area contributed by atoms with Crippen molar-refractivity contribution in [2.45, 2.75) is 77.4 Å². The Kier molecular flexibility index (Phi) is 7.67. The summed E-state index contributed by atoms with van der Waals surface area (Å²) >= 11 is 5.96. The lowest BCUT2D eigenvalue weighted by molar-refractivity contribution is 0.0176. The van der Waals surface area contributed by atoms with Gasteiger partial charge in [0.25, 0.3) is 5.91 Å². The molecule has 1 aromatic rings. The first kappa shape index (κ1) is 22.9. The summed E-state index contributed by atoms with van der Waals surface area (Å²) in [7, 11) is 0. The summed E-state index contributed by atoms with van der Waals surface area (Å²) in [6.45, 7) is 7.14. The van der Waals surface area contributed by atoms with E-state index in [1.165, 1.54) is 25.7 Å². The number of nitrogens with one attached hydrogen (secondary N) is 1. The number of likely N-dealkylation sites (tertiary alicyclic amines) is 1. The Labute approximate surface area is 185 Å². The lowest BCUT2D eigenvalue weighted by Crippen LogP contribution is -2.45. The van der Waals surface area contributed by atoms with E-state index in [0.717, 1.165) is 32.4 Å². The van der Waals surface area contributed by atoms with E-state index < -0.39 is 5.60 Å². The van der Waals surface area contributed by atoms with Crippen LogP contribution in [0, 0.1) is 11.8 Å².